The number of thiazole rings is 1. The van der Waals surface area contributed by atoms with E-state index in [2.05, 4.69) is 23.4 Å². The molecule has 1 aliphatic carbocycles. The molecule has 0 unspecified atom stereocenters. The largest absolute Gasteiger partial charge is 0.389 e. The molecule has 0 saturated heterocycles. The van der Waals surface area contributed by atoms with Gasteiger partial charge in [-0.25, -0.2) is 4.98 Å². The Morgan fingerprint density at radius 1 is 1.50 bits per heavy atom. The second-order valence-corrected chi connectivity index (χ2v) is 6.88. The van der Waals surface area contributed by atoms with Crippen LogP contribution < -0.4 is 5.32 Å². The van der Waals surface area contributed by atoms with Crippen molar-refractivity contribution in [1.29, 1.82) is 0 Å². The molecular formula is C15H23N3OS. The molecule has 0 atom stereocenters. The monoisotopic (exact) mass is 293 g/mol. The average molecular weight is 293 g/mol. The van der Waals surface area contributed by atoms with Crippen LogP contribution in [-0.4, -0.2) is 26.6 Å². The molecule has 5 heteroatoms. The highest BCUT2D eigenvalue weighted by Gasteiger charge is 2.32. The van der Waals surface area contributed by atoms with Crippen molar-refractivity contribution in [2.45, 2.75) is 51.2 Å². The van der Waals surface area contributed by atoms with Gasteiger partial charge >= 0.3 is 0 Å². The first-order chi connectivity index (χ1) is 9.68. The van der Waals surface area contributed by atoms with Gasteiger partial charge in [-0.15, -0.1) is 11.3 Å². The Bertz CT molecular complexity index is 526. The third-order valence-electron chi connectivity index (χ3n) is 4.52. The van der Waals surface area contributed by atoms with Crippen molar-refractivity contribution in [3.05, 3.63) is 23.5 Å². The van der Waals surface area contributed by atoms with Gasteiger partial charge in [0.15, 0.2) is 4.96 Å². The van der Waals surface area contributed by atoms with Crippen molar-refractivity contribution in [2.75, 3.05) is 6.54 Å². The maximum Gasteiger partial charge on any atom is 0.193 e. The lowest BCUT2D eigenvalue weighted by atomic mass is 9.78. The molecule has 1 saturated carbocycles. The van der Waals surface area contributed by atoms with Gasteiger partial charge in [-0.3, -0.25) is 4.40 Å². The predicted molar refractivity (Wildman–Crippen MR) is 82.0 cm³/mol. The van der Waals surface area contributed by atoms with E-state index in [1.54, 1.807) is 11.3 Å². The van der Waals surface area contributed by atoms with Gasteiger partial charge in [0.1, 0.15) is 0 Å². The molecule has 2 N–H and O–H groups in total. The lowest BCUT2D eigenvalue weighted by molar-refractivity contribution is -0.00885. The number of fused-ring (bicyclic) bond motifs is 1. The number of aliphatic hydroxyl groups is 1. The molecule has 0 aliphatic heterocycles. The van der Waals surface area contributed by atoms with E-state index in [-0.39, 0.29) is 0 Å². The summed E-state index contributed by atoms with van der Waals surface area (Å²) in [5.41, 5.74) is 0.533. The van der Waals surface area contributed by atoms with Crippen molar-refractivity contribution in [3.8, 4) is 0 Å². The molecule has 4 nitrogen and oxygen atoms in total. The highest BCUT2D eigenvalue weighted by Crippen LogP contribution is 2.33. The highest BCUT2D eigenvalue weighted by atomic mass is 32.1. The topological polar surface area (TPSA) is 49.6 Å². The van der Waals surface area contributed by atoms with Gasteiger partial charge in [0.25, 0.3) is 0 Å². The number of imidazole rings is 1. The van der Waals surface area contributed by atoms with E-state index in [0.29, 0.717) is 6.54 Å². The quantitative estimate of drug-likeness (QED) is 0.891. The molecule has 0 spiro atoms. The van der Waals surface area contributed by atoms with Gasteiger partial charge in [0.05, 0.1) is 11.3 Å². The first-order valence-corrected chi connectivity index (χ1v) is 8.41. The molecule has 2 heterocycles. The van der Waals surface area contributed by atoms with E-state index in [0.717, 1.165) is 48.8 Å². The van der Waals surface area contributed by atoms with Crippen LogP contribution in [0.4, 0.5) is 0 Å². The predicted octanol–water partition coefficient (Wildman–Crippen LogP) is 2.82. The number of nitrogens with zero attached hydrogens (tertiary/aromatic N) is 2. The number of rotatable bonds is 5. The van der Waals surface area contributed by atoms with Crippen LogP contribution in [0.1, 0.15) is 44.7 Å². The minimum Gasteiger partial charge on any atom is -0.389 e. The van der Waals surface area contributed by atoms with Crippen LogP contribution in [0.3, 0.4) is 0 Å². The standard InChI is InChI=1S/C15H23N3OS/c1-2-12-3-5-15(19,6-4-12)11-16-9-13-10-18-7-8-20-14(18)17-13/h7-8,10,12,16,19H,2-6,9,11H2,1H3. The molecule has 2 aromatic heterocycles. The summed E-state index contributed by atoms with van der Waals surface area (Å²) < 4.78 is 2.04. The Hall–Kier alpha value is -0.910. The third-order valence-corrected chi connectivity index (χ3v) is 5.29. The van der Waals surface area contributed by atoms with E-state index in [1.165, 1.54) is 6.42 Å². The minimum absolute atomic E-state index is 0.511. The van der Waals surface area contributed by atoms with Gasteiger partial charge in [-0.2, -0.15) is 0 Å². The van der Waals surface area contributed by atoms with Gasteiger partial charge in [-0.1, -0.05) is 13.3 Å². The van der Waals surface area contributed by atoms with E-state index >= 15 is 0 Å². The SMILES string of the molecule is CCC1CCC(O)(CNCc2cn3ccsc3n2)CC1. The molecule has 0 radical (unpaired) electrons. The molecule has 0 aromatic carbocycles. The first kappa shape index (κ1) is 14.0. The van der Waals surface area contributed by atoms with Gasteiger partial charge in [0, 0.05) is 30.9 Å². The molecule has 0 amide bonds. The Kier molecular flexibility index (Phi) is 4.10. The molecule has 1 aliphatic rings. The number of aromatic nitrogens is 2. The van der Waals surface area contributed by atoms with Crippen LogP contribution in [-0.2, 0) is 6.54 Å². The maximum absolute atomic E-state index is 10.6. The fraction of sp³-hybridized carbons (Fsp3) is 0.667. The summed E-state index contributed by atoms with van der Waals surface area (Å²) in [6, 6.07) is 0. The van der Waals surface area contributed by atoms with Crippen molar-refractivity contribution < 1.29 is 5.11 Å². The summed E-state index contributed by atoms with van der Waals surface area (Å²) in [6.45, 7) is 3.65. The fourth-order valence-electron chi connectivity index (χ4n) is 3.08. The summed E-state index contributed by atoms with van der Waals surface area (Å²) in [4.78, 5) is 5.57. The minimum atomic E-state index is -0.511. The zero-order valence-corrected chi connectivity index (χ0v) is 12.8. The van der Waals surface area contributed by atoms with Crippen LogP contribution in [0.25, 0.3) is 4.96 Å². The van der Waals surface area contributed by atoms with Gasteiger partial charge in [-0.05, 0) is 31.6 Å². The molecule has 20 heavy (non-hydrogen) atoms. The Morgan fingerprint density at radius 2 is 2.30 bits per heavy atom. The third kappa shape index (κ3) is 3.05. The lowest BCUT2D eigenvalue weighted by Crippen LogP contribution is -2.43. The molecule has 1 fully saturated rings. The van der Waals surface area contributed by atoms with Crippen LogP contribution >= 0.6 is 11.3 Å². The van der Waals surface area contributed by atoms with Crippen molar-refractivity contribution in [3.63, 3.8) is 0 Å². The van der Waals surface area contributed by atoms with Crippen LogP contribution in [0.5, 0.6) is 0 Å². The Morgan fingerprint density at radius 3 is 3.00 bits per heavy atom. The molecule has 110 valence electrons. The zero-order valence-electron chi connectivity index (χ0n) is 12.0. The Balaban J connectivity index is 1.48. The summed E-state index contributed by atoms with van der Waals surface area (Å²) in [5.74, 6) is 0.815. The van der Waals surface area contributed by atoms with Crippen LogP contribution in [0.15, 0.2) is 17.8 Å². The van der Waals surface area contributed by atoms with Crippen LogP contribution in [0.2, 0.25) is 0 Å². The Labute approximate surface area is 123 Å². The summed E-state index contributed by atoms with van der Waals surface area (Å²) in [5, 5.41) is 16.0. The van der Waals surface area contributed by atoms with Crippen molar-refractivity contribution in [2.24, 2.45) is 5.92 Å². The zero-order chi connectivity index (χ0) is 14.0. The van der Waals surface area contributed by atoms with E-state index in [4.69, 9.17) is 0 Å². The summed E-state index contributed by atoms with van der Waals surface area (Å²) >= 11 is 1.65. The number of hydrogen-bond acceptors (Lipinski definition) is 4. The van der Waals surface area contributed by atoms with Gasteiger partial charge in [0.2, 0.25) is 0 Å². The van der Waals surface area contributed by atoms with Crippen molar-refractivity contribution >= 4 is 16.3 Å². The molecule has 3 rings (SSSR count). The van der Waals surface area contributed by atoms with Gasteiger partial charge < -0.3 is 10.4 Å². The smallest absolute Gasteiger partial charge is 0.193 e. The van der Waals surface area contributed by atoms with E-state index in [9.17, 15) is 5.11 Å². The molecule has 2 aromatic rings. The van der Waals surface area contributed by atoms with E-state index < -0.39 is 5.60 Å². The van der Waals surface area contributed by atoms with E-state index in [1.807, 2.05) is 16.0 Å². The first-order valence-electron chi connectivity index (χ1n) is 7.53. The second kappa shape index (κ2) is 5.84. The number of hydrogen-bond donors (Lipinski definition) is 2. The summed E-state index contributed by atoms with van der Waals surface area (Å²) in [6.07, 6.45) is 9.50. The fourth-order valence-corrected chi connectivity index (χ4v) is 3.80. The molecule has 0 bridgehead atoms. The maximum atomic E-state index is 10.6. The average Bonchev–Trinajstić information content (AvgIpc) is 3.00. The summed E-state index contributed by atoms with van der Waals surface area (Å²) in [7, 11) is 0. The second-order valence-electron chi connectivity index (χ2n) is 6.00. The lowest BCUT2D eigenvalue weighted by Gasteiger charge is -2.36. The van der Waals surface area contributed by atoms with Crippen molar-refractivity contribution in [1.82, 2.24) is 14.7 Å². The van der Waals surface area contributed by atoms with Crippen LogP contribution in [0, 0.1) is 5.92 Å². The molecular weight excluding hydrogens is 270 g/mol. The highest BCUT2D eigenvalue weighted by molar-refractivity contribution is 7.15. The normalized spacial score (nSPS) is 27.2. The number of nitrogens with one attached hydrogen (secondary N) is 1.